The molecule has 0 aromatic carbocycles. The highest BCUT2D eigenvalue weighted by molar-refractivity contribution is 5.79. The number of carbonyl (C=O) groups excluding carboxylic acids is 1. The molecule has 0 spiro atoms. The lowest BCUT2D eigenvalue weighted by Crippen LogP contribution is -2.57. The number of fused-ring (bicyclic) bond motifs is 1. The molecule has 124 valence electrons. The van der Waals surface area contributed by atoms with Gasteiger partial charge in [0.15, 0.2) is 0 Å². The standard InChI is InChI=1S/C18H25N3O2/c22-18(20-11-13-3-2-7-19-10-13)14-9-17-16(6-8-23-17)21(12-14)15-4-1-5-15/h2-3,7,10,14-17H,1,4-6,8-9,11-12H2,(H,20,22)/t14-,16+,17+/m0/s1. The fourth-order valence-electron chi connectivity index (χ4n) is 4.15. The maximum atomic E-state index is 12.6. The number of amides is 1. The van der Waals surface area contributed by atoms with Gasteiger partial charge in [-0.2, -0.15) is 0 Å². The van der Waals surface area contributed by atoms with Crippen molar-refractivity contribution >= 4 is 5.91 Å². The van der Waals surface area contributed by atoms with E-state index in [9.17, 15) is 4.79 Å². The zero-order chi connectivity index (χ0) is 15.6. The highest BCUT2D eigenvalue weighted by Gasteiger charge is 2.45. The van der Waals surface area contributed by atoms with Crippen LogP contribution in [0.1, 0.15) is 37.7 Å². The van der Waals surface area contributed by atoms with Crippen LogP contribution < -0.4 is 5.32 Å². The summed E-state index contributed by atoms with van der Waals surface area (Å²) in [6, 6.07) is 5.11. The van der Waals surface area contributed by atoms with Gasteiger partial charge in [0.25, 0.3) is 0 Å². The number of aromatic nitrogens is 1. The van der Waals surface area contributed by atoms with Gasteiger partial charge >= 0.3 is 0 Å². The van der Waals surface area contributed by atoms with Gasteiger partial charge in [-0.15, -0.1) is 0 Å². The lowest BCUT2D eigenvalue weighted by Gasteiger charge is -2.47. The molecule has 1 amide bonds. The van der Waals surface area contributed by atoms with Crippen LogP contribution in [0.5, 0.6) is 0 Å². The van der Waals surface area contributed by atoms with Crippen molar-refractivity contribution in [1.82, 2.24) is 15.2 Å². The van der Waals surface area contributed by atoms with Crippen molar-refractivity contribution in [2.24, 2.45) is 5.92 Å². The first kappa shape index (κ1) is 15.1. The van der Waals surface area contributed by atoms with Crippen LogP contribution in [-0.2, 0) is 16.1 Å². The number of nitrogens with zero attached hydrogens (tertiary/aromatic N) is 2. The summed E-state index contributed by atoms with van der Waals surface area (Å²) in [6.45, 7) is 2.30. The molecule has 3 atom stereocenters. The molecule has 2 aliphatic heterocycles. The molecule has 1 aromatic rings. The van der Waals surface area contributed by atoms with Gasteiger partial charge in [0.1, 0.15) is 0 Å². The minimum atomic E-state index is 0.0478. The molecule has 3 aliphatic rings. The molecule has 3 heterocycles. The van der Waals surface area contributed by atoms with E-state index in [0.717, 1.165) is 31.6 Å². The zero-order valence-corrected chi connectivity index (χ0v) is 13.5. The van der Waals surface area contributed by atoms with Crippen LogP contribution in [-0.4, -0.2) is 47.1 Å². The molecule has 1 saturated carbocycles. The predicted molar refractivity (Wildman–Crippen MR) is 86.7 cm³/mol. The first-order valence-corrected chi connectivity index (χ1v) is 8.85. The van der Waals surface area contributed by atoms with Gasteiger partial charge in [0, 0.05) is 44.2 Å². The van der Waals surface area contributed by atoms with Crippen molar-refractivity contribution in [2.45, 2.75) is 56.8 Å². The van der Waals surface area contributed by atoms with E-state index in [-0.39, 0.29) is 17.9 Å². The molecular weight excluding hydrogens is 290 g/mol. The van der Waals surface area contributed by atoms with Crippen molar-refractivity contribution < 1.29 is 9.53 Å². The van der Waals surface area contributed by atoms with Crippen LogP contribution >= 0.6 is 0 Å². The smallest absolute Gasteiger partial charge is 0.224 e. The van der Waals surface area contributed by atoms with Gasteiger partial charge in [-0.1, -0.05) is 12.5 Å². The topological polar surface area (TPSA) is 54.5 Å². The summed E-state index contributed by atoms with van der Waals surface area (Å²) in [6.07, 6.45) is 9.70. The summed E-state index contributed by atoms with van der Waals surface area (Å²) in [5.41, 5.74) is 1.04. The molecular formula is C18H25N3O2. The first-order chi connectivity index (χ1) is 11.3. The van der Waals surface area contributed by atoms with Crippen LogP contribution in [0.2, 0.25) is 0 Å². The van der Waals surface area contributed by atoms with E-state index in [1.807, 2.05) is 12.1 Å². The molecule has 1 aliphatic carbocycles. The highest BCUT2D eigenvalue weighted by atomic mass is 16.5. The SMILES string of the molecule is O=C(NCc1cccnc1)[C@H]1C[C@H]2OCC[C@H]2N(C2CCC2)C1. The number of hydrogen-bond donors (Lipinski definition) is 1. The number of ether oxygens (including phenoxy) is 1. The van der Waals surface area contributed by atoms with E-state index in [4.69, 9.17) is 4.74 Å². The summed E-state index contributed by atoms with van der Waals surface area (Å²) in [5.74, 6) is 0.207. The Kier molecular flexibility index (Phi) is 4.31. The summed E-state index contributed by atoms with van der Waals surface area (Å²) in [4.78, 5) is 19.3. The summed E-state index contributed by atoms with van der Waals surface area (Å²) in [5, 5.41) is 3.08. The van der Waals surface area contributed by atoms with E-state index >= 15 is 0 Å². The Morgan fingerprint density at radius 1 is 1.39 bits per heavy atom. The van der Waals surface area contributed by atoms with E-state index in [2.05, 4.69) is 15.2 Å². The van der Waals surface area contributed by atoms with E-state index in [1.54, 1.807) is 12.4 Å². The fraction of sp³-hybridized carbons (Fsp3) is 0.667. The molecule has 0 bridgehead atoms. The van der Waals surface area contributed by atoms with Crippen molar-refractivity contribution in [3.8, 4) is 0 Å². The number of likely N-dealkylation sites (tertiary alicyclic amines) is 1. The minimum Gasteiger partial charge on any atom is -0.377 e. The summed E-state index contributed by atoms with van der Waals surface area (Å²) < 4.78 is 5.92. The second-order valence-electron chi connectivity index (χ2n) is 7.06. The van der Waals surface area contributed by atoms with Crippen LogP contribution in [0.3, 0.4) is 0 Å². The van der Waals surface area contributed by atoms with Crippen LogP contribution in [0.4, 0.5) is 0 Å². The molecule has 5 heteroatoms. The molecule has 1 aromatic heterocycles. The maximum absolute atomic E-state index is 12.6. The van der Waals surface area contributed by atoms with Gasteiger partial charge in [-0.25, -0.2) is 0 Å². The lowest BCUT2D eigenvalue weighted by atomic mass is 9.83. The third-order valence-corrected chi connectivity index (χ3v) is 5.65. The normalized spacial score (nSPS) is 31.4. The summed E-state index contributed by atoms with van der Waals surface area (Å²) in [7, 11) is 0. The Bertz CT molecular complexity index is 546. The number of piperidine rings is 1. The Hall–Kier alpha value is -1.46. The van der Waals surface area contributed by atoms with Crippen molar-refractivity contribution in [3.63, 3.8) is 0 Å². The molecule has 23 heavy (non-hydrogen) atoms. The maximum Gasteiger partial charge on any atom is 0.224 e. The molecule has 4 rings (SSSR count). The van der Waals surface area contributed by atoms with Crippen LogP contribution in [0.25, 0.3) is 0 Å². The molecule has 2 saturated heterocycles. The van der Waals surface area contributed by atoms with Gasteiger partial charge in [-0.05, 0) is 37.3 Å². The fourth-order valence-corrected chi connectivity index (χ4v) is 4.15. The molecule has 3 fully saturated rings. The Morgan fingerprint density at radius 2 is 2.30 bits per heavy atom. The van der Waals surface area contributed by atoms with Crippen molar-refractivity contribution in [1.29, 1.82) is 0 Å². The van der Waals surface area contributed by atoms with Gasteiger partial charge in [-0.3, -0.25) is 14.7 Å². The second kappa shape index (κ2) is 6.57. The Labute approximate surface area is 137 Å². The average Bonchev–Trinajstić information content (AvgIpc) is 3.00. The molecule has 5 nitrogen and oxygen atoms in total. The highest BCUT2D eigenvalue weighted by Crippen LogP contribution is 2.37. The number of rotatable bonds is 4. The molecule has 0 unspecified atom stereocenters. The largest absolute Gasteiger partial charge is 0.377 e. The third-order valence-electron chi connectivity index (χ3n) is 5.65. The van der Waals surface area contributed by atoms with Gasteiger partial charge < -0.3 is 10.1 Å². The van der Waals surface area contributed by atoms with Crippen LogP contribution in [0.15, 0.2) is 24.5 Å². The Morgan fingerprint density at radius 3 is 3.04 bits per heavy atom. The van der Waals surface area contributed by atoms with Gasteiger partial charge in [0.05, 0.1) is 12.0 Å². The van der Waals surface area contributed by atoms with E-state index in [1.165, 1.54) is 19.3 Å². The summed E-state index contributed by atoms with van der Waals surface area (Å²) >= 11 is 0. The lowest BCUT2D eigenvalue weighted by molar-refractivity contribution is -0.131. The van der Waals surface area contributed by atoms with E-state index < -0.39 is 0 Å². The number of hydrogen-bond acceptors (Lipinski definition) is 4. The first-order valence-electron chi connectivity index (χ1n) is 8.85. The minimum absolute atomic E-state index is 0.0478. The Balaban J connectivity index is 1.38. The number of nitrogens with one attached hydrogen (secondary N) is 1. The quantitative estimate of drug-likeness (QED) is 0.919. The van der Waals surface area contributed by atoms with Crippen LogP contribution in [0, 0.1) is 5.92 Å². The van der Waals surface area contributed by atoms with Gasteiger partial charge in [0.2, 0.25) is 5.91 Å². The van der Waals surface area contributed by atoms with E-state index in [0.29, 0.717) is 18.6 Å². The van der Waals surface area contributed by atoms with Crippen molar-refractivity contribution in [3.05, 3.63) is 30.1 Å². The number of carbonyl (C=O) groups is 1. The average molecular weight is 315 g/mol. The monoisotopic (exact) mass is 315 g/mol. The number of pyridine rings is 1. The zero-order valence-electron chi connectivity index (χ0n) is 13.5. The van der Waals surface area contributed by atoms with Crippen molar-refractivity contribution in [2.75, 3.05) is 13.2 Å². The molecule has 0 radical (unpaired) electrons. The third kappa shape index (κ3) is 3.12. The predicted octanol–water partition coefficient (Wildman–Crippen LogP) is 1.73. The molecule has 1 N–H and O–H groups in total. The second-order valence-corrected chi connectivity index (χ2v) is 7.06.